The number of aromatic nitrogens is 2. The van der Waals surface area contributed by atoms with Crippen LogP contribution in [-0.2, 0) is 41.4 Å². The molecule has 0 saturated carbocycles. The van der Waals surface area contributed by atoms with E-state index in [-0.39, 0.29) is 12.5 Å². The lowest BCUT2D eigenvalue weighted by Gasteiger charge is -2.22. The molecule has 0 aliphatic rings. The zero-order valence-electron chi connectivity index (χ0n) is 25.6. The molecule has 2 heterocycles. The van der Waals surface area contributed by atoms with Crippen molar-refractivity contribution < 1.29 is 35.9 Å². The van der Waals surface area contributed by atoms with Crippen molar-refractivity contribution in [2.45, 2.75) is 11.9 Å². The number of esters is 2. The number of ether oxygens (including phenoxy) is 2. The van der Waals surface area contributed by atoms with Gasteiger partial charge in [-0.05, 0) is 60.7 Å². The number of benzene rings is 2. The Morgan fingerprint density at radius 1 is 0.766 bits per heavy atom. The monoisotopic (exact) mass is 876 g/mol. The highest BCUT2D eigenvalue weighted by Crippen LogP contribution is 2.24. The quantitative estimate of drug-likeness (QED) is 0.152. The third kappa shape index (κ3) is 14.5. The predicted octanol–water partition coefficient (Wildman–Crippen LogP) is 6.18. The van der Waals surface area contributed by atoms with Gasteiger partial charge >= 0.3 is 11.9 Å². The highest BCUT2D eigenvalue weighted by atomic mass is 79.9. The number of alkyl halides is 1. The summed E-state index contributed by atoms with van der Waals surface area (Å²) >= 11 is 9.82. The Bertz CT molecular complexity index is 1860. The first kappa shape index (κ1) is 39.8. The number of nitrogens with one attached hydrogen (secondary N) is 1. The molecule has 4 rings (SSSR count). The fraction of sp³-hybridized carbons (Fsp3) is 0.200. The number of carbonyl (C=O) groups is 2. The summed E-state index contributed by atoms with van der Waals surface area (Å²) in [6.07, 6.45) is 5.12. The molecular formula is C30H31Br3N4O8S2. The minimum absolute atomic E-state index is 0.0662. The summed E-state index contributed by atoms with van der Waals surface area (Å²) in [6.45, 7) is 0.0662. The van der Waals surface area contributed by atoms with Crippen LogP contribution in [0, 0.1) is 0 Å². The number of methoxy groups -OCH3 is 2. The lowest BCUT2D eigenvalue weighted by molar-refractivity contribution is 0.0591. The summed E-state index contributed by atoms with van der Waals surface area (Å²) in [4.78, 5) is 30.5. The zero-order valence-corrected chi connectivity index (χ0v) is 31.9. The van der Waals surface area contributed by atoms with Gasteiger partial charge in [0.2, 0.25) is 20.0 Å². The molecule has 0 unspecified atom stereocenters. The molecule has 0 aliphatic heterocycles. The summed E-state index contributed by atoms with van der Waals surface area (Å²) in [6, 6.07) is 20.6. The SMILES string of the molecule is COC(=O)c1ccc(CBr)nc1.COC(=O)c1ccc(CN(c2cccc(Br)c2)S(C)(=O)=O)nc1.CS(=O)(=O)Nc1cccc(Br)c1. The van der Waals surface area contributed by atoms with E-state index >= 15 is 0 Å². The number of halogens is 3. The smallest absolute Gasteiger partial charge is 0.339 e. The van der Waals surface area contributed by atoms with Gasteiger partial charge in [-0.15, -0.1) is 0 Å². The van der Waals surface area contributed by atoms with Gasteiger partial charge in [-0.3, -0.25) is 19.0 Å². The maximum absolute atomic E-state index is 12.1. The second-order valence-electron chi connectivity index (χ2n) is 9.33. The molecule has 2 aromatic heterocycles. The van der Waals surface area contributed by atoms with Gasteiger partial charge in [0.25, 0.3) is 0 Å². The first-order valence-corrected chi connectivity index (χ1v) is 19.6. The maximum atomic E-state index is 12.1. The molecule has 4 aromatic rings. The average molecular weight is 879 g/mol. The van der Waals surface area contributed by atoms with Gasteiger partial charge in [0.15, 0.2) is 0 Å². The van der Waals surface area contributed by atoms with Crippen molar-refractivity contribution in [2.24, 2.45) is 0 Å². The van der Waals surface area contributed by atoms with Gasteiger partial charge in [0, 0.05) is 32.4 Å². The van der Waals surface area contributed by atoms with E-state index in [0.29, 0.717) is 33.5 Å². The van der Waals surface area contributed by atoms with Crippen LogP contribution >= 0.6 is 47.8 Å². The van der Waals surface area contributed by atoms with E-state index in [9.17, 15) is 26.4 Å². The summed E-state index contributed by atoms with van der Waals surface area (Å²) in [5.74, 6) is -0.848. The predicted molar refractivity (Wildman–Crippen MR) is 192 cm³/mol. The van der Waals surface area contributed by atoms with Crippen LogP contribution in [0.15, 0.2) is 94.1 Å². The molecule has 0 bridgehead atoms. The van der Waals surface area contributed by atoms with E-state index in [1.165, 1.54) is 30.9 Å². The van der Waals surface area contributed by atoms with Crippen LogP contribution in [0.3, 0.4) is 0 Å². The number of nitrogens with zero attached hydrogens (tertiary/aromatic N) is 3. The van der Waals surface area contributed by atoms with Crippen molar-refractivity contribution in [1.82, 2.24) is 9.97 Å². The number of anilines is 2. The van der Waals surface area contributed by atoms with E-state index < -0.39 is 26.0 Å². The Balaban J connectivity index is 0.000000270. The first-order valence-electron chi connectivity index (χ1n) is 13.2. The number of pyridine rings is 2. The third-order valence-electron chi connectivity index (χ3n) is 5.56. The zero-order chi connectivity index (χ0) is 35.2. The van der Waals surface area contributed by atoms with Gasteiger partial charge in [-0.25, -0.2) is 26.4 Å². The topological polar surface area (TPSA) is 162 Å². The second-order valence-corrected chi connectivity index (χ2v) is 15.4. The summed E-state index contributed by atoms with van der Waals surface area (Å²) in [5, 5.41) is 0.689. The van der Waals surface area contributed by atoms with Crippen molar-refractivity contribution in [1.29, 1.82) is 0 Å². The second kappa shape index (κ2) is 18.8. The molecule has 0 amide bonds. The van der Waals surface area contributed by atoms with Crippen molar-refractivity contribution in [3.8, 4) is 0 Å². The highest BCUT2D eigenvalue weighted by Gasteiger charge is 2.19. The molecule has 0 saturated heterocycles. The number of rotatable bonds is 9. The Hall–Kier alpha value is -3.38. The minimum atomic E-state index is -3.48. The molecule has 47 heavy (non-hydrogen) atoms. The average Bonchev–Trinajstić information content (AvgIpc) is 3.02. The molecule has 0 atom stereocenters. The molecule has 0 radical (unpaired) electrons. The minimum Gasteiger partial charge on any atom is -0.465 e. The van der Waals surface area contributed by atoms with Crippen molar-refractivity contribution >= 4 is 91.1 Å². The van der Waals surface area contributed by atoms with Crippen LogP contribution in [0.5, 0.6) is 0 Å². The van der Waals surface area contributed by atoms with Crippen LogP contribution < -0.4 is 9.03 Å². The third-order valence-corrected chi connectivity index (χ3v) is 8.87. The number of hydrogen-bond donors (Lipinski definition) is 1. The van der Waals surface area contributed by atoms with Crippen molar-refractivity contribution in [2.75, 3.05) is 35.8 Å². The Labute approximate surface area is 299 Å². The van der Waals surface area contributed by atoms with E-state index in [0.717, 1.165) is 27.2 Å². The molecular weight excluding hydrogens is 848 g/mol. The maximum Gasteiger partial charge on any atom is 0.339 e. The molecule has 0 spiro atoms. The van der Waals surface area contributed by atoms with Crippen LogP contribution in [0.2, 0.25) is 0 Å². The normalized spacial score (nSPS) is 10.7. The lowest BCUT2D eigenvalue weighted by Crippen LogP contribution is -2.29. The number of hydrogen-bond acceptors (Lipinski definition) is 10. The van der Waals surface area contributed by atoms with Gasteiger partial charge in [-0.1, -0.05) is 59.9 Å². The van der Waals surface area contributed by atoms with Gasteiger partial charge in [0.05, 0.1) is 61.5 Å². The van der Waals surface area contributed by atoms with Gasteiger partial charge < -0.3 is 9.47 Å². The summed E-state index contributed by atoms with van der Waals surface area (Å²) in [7, 11) is -4.01. The Kier molecular flexibility index (Phi) is 15.9. The molecule has 0 fully saturated rings. The summed E-state index contributed by atoms with van der Waals surface area (Å²) < 4.78 is 60.1. The van der Waals surface area contributed by atoms with E-state index in [2.05, 4.69) is 72.0 Å². The molecule has 0 aliphatic carbocycles. The molecule has 12 nitrogen and oxygen atoms in total. The standard InChI is InChI=1S/C15H15BrN2O4S.C8H8BrNO2.C7H8BrNO2S/c1-22-15(19)11-6-7-13(17-9-11)10-18(23(2,20)21)14-5-3-4-12(16)8-14;1-12-8(11)6-2-3-7(4-9)10-5-6;1-12(10,11)9-7-4-2-3-6(8)5-7/h3-9H,10H2,1-2H3;2-3,5H,4H2,1H3;2-5,9H,1H3. The molecule has 2 aromatic carbocycles. The van der Waals surface area contributed by atoms with E-state index in [1.807, 2.05) is 12.1 Å². The van der Waals surface area contributed by atoms with Crippen molar-refractivity contribution in [3.63, 3.8) is 0 Å². The van der Waals surface area contributed by atoms with Crippen molar-refractivity contribution in [3.05, 3.63) is 117 Å². The Morgan fingerprint density at radius 2 is 1.28 bits per heavy atom. The fourth-order valence-corrected chi connectivity index (χ4v) is 5.98. The number of carbonyl (C=O) groups excluding carboxylic acids is 2. The lowest BCUT2D eigenvalue weighted by atomic mass is 10.2. The number of sulfonamides is 2. The van der Waals surface area contributed by atoms with Crippen LogP contribution in [0.25, 0.3) is 0 Å². The van der Waals surface area contributed by atoms with E-state index in [1.54, 1.807) is 60.7 Å². The van der Waals surface area contributed by atoms with Crippen LogP contribution in [-0.4, -0.2) is 65.5 Å². The molecule has 1 N–H and O–H groups in total. The van der Waals surface area contributed by atoms with Gasteiger partial charge in [0.1, 0.15) is 0 Å². The first-order chi connectivity index (χ1) is 22.1. The molecule has 252 valence electrons. The Morgan fingerprint density at radius 3 is 1.68 bits per heavy atom. The van der Waals surface area contributed by atoms with Crippen LogP contribution in [0.4, 0.5) is 11.4 Å². The summed E-state index contributed by atoms with van der Waals surface area (Å²) in [5.41, 5.74) is 3.28. The van der Waals surface area contributed by atoms with Gasteiger partial charge in [-0.2, -0.15) is 0 Å². The fourth-order valence-electron chi connectivity index (χ4n) is 3.44. The highest BCUT2D eigenvalue weighted by molar-refractivity contribution is 9.10. The molecule has 17 heteroatoms. The largest absolute Gasteiger partial charge is 0.465 e. The van der Waals surface area contributed by atoms with Crippen LogP contribution in [0.1, 0.15) is 32.1 Å². The van der Waals surface area contributed by atoms with E-state index in [4.69, 9.17) is 0 Å².